The van der Waals surface area contributed by atoms with Crippen molar-refractivity contribution in [2.24, 2.45) is 0 Å². The Kier molecular flexibility index (Phi) is 6.51. The number of non-ortho nitro benzene ring substituents is 1. The minimum absolute atomic E-state index is 0.0319. The van der Waals surface area contributed by atoms with E-state index in [2.05, 4.69) is 29.0 Å². The molecule has 0 saturated heterocycles. The highest BCUT2D eigenvalue weighted by atomic mass is 16.6. The summed E-state index contributed by atoms with van der Waals surface area (Å²) in [6.07, 6.45) is 1.54. The average molecular weight is 392 g/mol. The Morgan fingerprint density at radius 1 is 1.10 bits per heavy atom. The van der Waals surface area contributed by atoms with E-state index >= 15 is 0 Å². The van der Waals surface area contributed by atoms with Gasteiger partial charge in [-0.3, -0.25) is 19.9 Å². The number of hydrogen-bond donors (Lipinski definition) is 1. The van der Waals surface area contributed by atoms with Crippen LogP contribution in [-0.2, 0) is 0 Å². The third-order valence-corrected chi connectivity index (χ3v) is 4.98. The standard InChI is InChI=1S/C22H24N4O3/c1-3-25(4-2)13-12-23-22(27)20-15-24-21(16-8-6-5-7-9-16)19-14-17(26(28)29)10-11-18(19)20/h5-11,14-15H,3-4,12-13H2,1-2H3,(H,23,27). The van der Waals surface area contributed by atoms with Crippen LogP contribution in [0.25, 0.3) is 22.0 Å². The van der Waals surface area contributed by atoms with Crippen LogP contribution in [0.1, 0.15) is 24.2 Å². The van der Waals surface area contributed by atoms with Gasteiger partial charge in [0.1, 0.15) is 0 Å². The van der Waals surface area contributed by atoms with Gasteiger partial charge in [0.05, 0.1) is 16.2 Å². The number of benzene rings is 2. The van der Waals surface area contributed by atoms with E-state index in [1.807, 2.05) is 30.3 Å². The molecule has 0 bridgehead atoms. The van der Waals surface area contributed by atoms with Crippen LogP contribution in [0.5, 0.6) is 0 Å². The predicted octanol–water partition coefficient (Wildman–Crippen LogP) is 3.88. The maximum Gasteiger partial charge on any atom is 0.270 e. The molecule has 7 heteroatoms. The van der Waals surface area contributed by atoms with Crippen molar-refractivity contribution < 1.29 is 9.72 Å². The van der Waals surface area contributed by atoms with Crippen molar-refractivity contribution >= 4 is 22.4 Å². The van der Waals surface area contributed by atoms with Gasteiger partial charge in [-0.25, -0.2) is 0 Å². The summed E-state index contributed by atoms with van der Waals surface area (Å²) >= 11 is 0. The molecule has 2 aromatic carbocycles. The second-order valence-electron chi connectivity index (χ2n) is 6.66. The fourth-order valence-electron chi connectivity index (χ4n) is 3.31. The van der Waals surface area contributed by atoms with E-state index in [0.717, 1.165) is 25.2 Å². The van der Waals surface area contributed by atoms with Crippen LogP contribution >= 0.6 is 0 Å². The summed E-state index contributed by atoms with van der Waals surface area (Å²) in [4.78, 5) is 30.3. The molecule has 0 aliphatic carbocycles. The molecular formula is C22H24N4O3. The van der Waals surface area contributed by atoms with Gasteiger partial charge < -0.3 is 10.2 Å². The maximum atomic E-state index is 12.8. The van der Waals surface area contributed by atoms with Gasteiger partial charge in [0.25, 0.3) is 11.6 Å². The Morgan fingerprint density at radius 3 is 2.48 bits per heavy atom. The van der Waals surface area contributed by atoms with E-state index in [1.165, 1.54) is 12.1 Å². The first-order chi connectivity index (χ1) is 14.0. The number of amides is 1. The molecule has 1 heterocycles. The summed E-state index contributed by atoms with van der Waals surface area (Å²) < 4.78 is 0. The van der Waals surface area contributed by atoms with Crippen LogP contribution in [0.3, 0.4) is 0 Å². The number of rotatable bonds is 8. The molecule has 1 amide bonds. The highest BCUT2D eigenvalue weighted by Crippen LogP contribution is 2.31. The number of aromatic nitrogens is 1. The number of nitrogens with one attached hydrogen (secondary N) is 1. The Bertz CT molecular complexity index is 1020. The first-order valence-electron chi connectivity index (χ1n) is 9.68. The van der Waals surface area contributed by atoms with Gasteiger partial charge in [-0.15, -0.1) is 0 Å². The van der Waals surface area contributed by atoms with Crippen LogP contribution < -0.4 is 5.32 Å². The average Bonchev–Trinajstić information content (AvgIpc) is 2.76. The van der Waals surface area contributed by atoms with Crippen molar-refractivity contribution in [1.82, 2.24) is 15.2 Å². The fraction of sp³-hybridized carbons (Fsp3) is 0.273. The number of pyridine rings is 1. The topological polar surface area (TPSA) is 88.4 Å². The van der Waals surface area contributed by atoms with E-state index in [1.54, 1.807) is 12.3 Å². The lowest BCUT2D eigenvalue weighted by Crippen LogP contribution is -2.34. The van der Waals surface area contributed by atoms with E-state index in [9.17, 15) is 14.9 Å². The minimum Gasteiger partial charge on any atom is -0.351 e. The van der Waals surface area contributed by atoms with E-state index in [0.29, 0.717) is 28.6 Å². The number of likely N-dealkylation sites (N-methyl/N-ethyl adjacent to an activating group) is 1. The minimum atomic E-state index is -0.439. The lowest BCUT2D eigenvalue weighted by molar-refractivity contribution is -0.384. The quantitative estimate of drug-likeness (QED) is 0.464. The van der Waals surface area contributed by atoms with Crippen LogP contribution in [0, 0.1) is 10.1 Å². The molecular weight excluding hydrogens is 368 g/mol. The molecule has 0 fully saturated rings. The zero-order chi connectivity index (χ0) is 20.8. The van der Waals surface area contributed by atoms with Crippen LogP contribution in [0.2, 0.25) is 0 Å². The molecule has 0 atom stereocenters. The van der Waals surface area contributed by atoms with E-state index < -0.39 is 4.92 Å². The molecule has 29 heavy (non-hydrogen) atoms. The second-order valence-corrected chi connectivity index (χ2v) is 6.66. The normalized spacial score (nSPS) is 11.0. The molecule has 7 nitrogen and oxygen atoms in total. The number of carbonyl (C=O) groups excluding carboxylic acids is 1. The first-order valence-corrected chi connectivity index (χ1v) is 9.68. The number of fused-ring (bicyclic) bond motifs is 1. The summed E-state index contributed by atoms with van der Waals surface area (Å²) in [5, 5.41) is 15.4. The summed E-state index contributed by atoms with van der Waals surface area (Å²) in [5.74, 6) is -0.233. The zero-order valence-electron chi connectivity index (χ0n) is 16.6. The zero-order valence-corrected chi connectivity index (χ0v) is 16.6. The monoisotopic (exact) mass is 392 g/mol. The predicted molar refractivity (Wildman–Crippen MR) is 114 cm³/mol. The third-order valence-electron chi connectivity index (χ3n) is 4.98. The first kappa shape index (κ1) is 20.4. The Morgan fingerprint density at radius 2 is 1.83 bits per heavy atom. The van der Waals surface area contributed by atoms with Gasteiger partial charge in [-0.2, -0.15) is 0 Å². The van der Waals surface area contributed by atoms with E-state index in [-0.39, 0.29) is 11.6 Å². The van der Waals surface area contributed by atoms with Gasteiger partial charge in [0.2, 0.25) is 0 Å². The van der Waals surface area contributed by atoms with Crippen LogP contribution in [0.4, 0.5) is 5.69 Å². The second kappa shape index (κ2) is 9.25. The third kappa shape index (κ3) is 4.57. The van der Waals surface area contributed by atoms with E-state index in [4.69, 9.17) is 0 Å². The molecule has 0 spiro atoms. The van der Waals surface area contributed by atoms with Gasteiger partial charge in [-0.05, 0) is 24.5 Å². The number of nitrogens with zero attached hydrogens (tertiary/aromatic N) is 3. The van der Waals surface area contributed by atoms with Crippen molar-refractivity contribution in [2.45, 2.75) is 13.8 Å². The molecule has 3 rings (SSSR count). The van der Waals surface area contributed by atoms with Crippen LogP contribution in [-0.4, -0.2) is 46.9 Å². The van der Waals surface area contributed by atoms with Crippen LogP contribution in [0.15, 0.2) is 54.7 Å². The Hall–Kier alpha value is -3.32. The lowest BCUT2D eigenvalue weighted by atomic mass is 10.00. The van der Waals surface area contributed by atoms with Gasteiger partial charge in [0, 0.05) is 42.4 Å². The molecule has 0 radical (unpaired) electrons. The summed E-state index contributed by atoms with van der Waals surface area (Å²) in [5.41, 5.74) is 1.83. The Labute approximate surface area is 169 Å². The lowest BCUT2D eigenvalue weighted by Gasteiger charge is -2.18. The number of nitro benzene ring substituents is 1. The molecule has 3 aromatic rings. The molecule has 1 aromatic heterocycles. The van der Waals surface area contributed by atoms with Gasteiger partial charge >= 0.3 is 0 Å². The molecule has 0 aliphatic heterocycles. The highest BCUT2D eigenvalue weighted by molar-refractivity contribution is 6.10. The van der Waals surface area contributed by atoms with Crippen molar-refractivity contribution in [3.05, 3.63) is 70.4 Å². The smallest absolute Gasteiger partial charge is 0.270 e. The SMILES string of the molecule is CCN(CC)CCNC(=O)c1cnc(-c2ccccc2)c2cc([N+](=O)[O-])ccc12. The number of hydrogen-bond acceptors (Lipinski definition) is 5. The van der Waals surface area contributed by atoms with Crippen molar-refractivity contribution in [3.8, 4) is 11.3 Å². The molecule has 0 aliphatic rings. The molecule has 0 unspecified atom stereocenters. The number of carbonyl (C=O) groups is 1. The van der Waals surface area contributed by atoms with Gasteiger partial charge in [0.15, 0.2) is 0 Å². The molecule has 1 N–H and O–H groups in total. The Balaban J connectivity index is 1.99. The summed E-state index contributed by atoms with van der Waals surface area (Å²) in [6, 6.07) is 14.0. The number of nitro groups is 1. The largest absolute Gasteiger partial charge is 0.351 e. The summed E-state index contributed by atoms with van der Waals surface area (Å²) in [7, 11) is 0. The molecule has 0 saturated carbocycles. The maximum absolute atomic E-state index is 12.8. The fourth-order valence-corrected chi connectivity index (χ4v) is 3.31. The summed E-state index contributed by atoms with van der Waals surface area (Å²) in [6.45, 7) is 7.29. The van der Waals surface area contributed by atoms with Crippen molar-refractivity contribution in [2.75, 3.05) is 26.2 Å². The van der Waals surface area contributed by atoms with Gasteiger partial charge in [-0.1, -0.05) is 44.2 Å². The molecule has 150 valence electrons. The highest BCUT2D eigenvalue weighted by Gasteiger charge is 2.17. The van der Waals surface area contributed by atoms with Crippen molar-refractivity contribution in [3.63, 3.8) is 0 Å². The van der Waals surface area contributed by atoms with Crippen molar-refractivity contribution in [1.29, 1.82) is 0 Å².